The fourth-order valence-electron chi connectivity index (χ4n) is 0.950. The molecule has 1 aliphatic carbocycles. The first-order chi connectivity index (χ1) is 4.33. The van der Waals surface area contributed by atoms with Gasteiger partial charge in [0.25, 0.3) is 0 Å². The highest BCUT2D eigenvalue weighted by atomic mass is 16.5. The first-order valence-corrected chi connectivity index (χ1v) is 3.58. The molecule has 1 aliphatic rings. The number of hydrogen-bond donors (Lipinski definition) is 1. The smallest absolute Gasteiger partial charge is 0.0613 e. The van der Waals surface area contributed by atoms with E-state index in [0.29, 0.717) is 6.04 Å². The highest BCUT2D eigenvalue weighted by Gasteiger charge is 2.22. The Balaban J connectivity index is 1.95. The third-order valence-electron chi connectivity index (χ3n) is 1.51. The second-order valence-corrected chi connectivity index (χ2v) is 2.80. The maximum atomic E-state index is 4.97. The van der Waals surface area contributed by atoms with E-state index >= 15 is 0 Å². The zero-order valence-corrected chi connectivity index (χ0v) is 6.18. The van der Waals surface area contributed by atoms with E-state index < -0.39 is 0 Å². The molecule has 1 atom stereocenters. The van der Waals surface area contributed by atoms with E-state index in [-0.39, 0.29) is 0 Å². The average Bonchev–Trinajstić information content (AvgIpc) is 2.50. The molecular weight excluding hydrogens is 114 g/mol. The minimum Gasteiger partial charge on any atom is -0.383 e. The Morgan fingerprint density at radius 2 is 2.33 bits per heavy atom. The summed E-state index contributed by atoms with van der Waals surface area (Å²) >= 11 is 0. The number of rotatable bonds is 4. The molecule has 0 aromatic rings. The summed E-state index contributed by atoms with van der Waals surface area (Å²) in [4.78, 5) is 0. The zero-order chi connectivity index (χ0) is 6.69. The van der Waals surface area contributed by atoms with Gasteiger partial charge >= 0.3 is 0 Å². The quantitative estimate of drug-likeness (QED) is 0.605. The summed E-state index contributed by atoms with van der Waals surface area (Å²) in [6.07, 6.45) is 2.71. The van der Waals surface area contributed by atoms with E-state index in [0.717, 1.165) is 12.6 Å². The molecule has 1 saturated carbocycles. The fourth-order valence-corrected chi connectivity index (χ4v) is 0.950. The third-order valence-corrected chi connectivity index (χ3v) is 1.51. The van der Waals surface area contributed by atoms with Crippen LogP contribution in [0.2, 0.25) is 0 Å². The van der Waals surface area contributed by atoms with Gasteiger partial charge in [0.2, 0.25) is 0 Å². The molecule has 0 bridgehead atoms. The van der Waals surface area contributed by atoms with Gasteiger partial charge in [0.05, 0.1) is 6.61 Å². The van der Waals surface area contributed by atoms with E-state index in [9.17, 15) is 0 Å². The minimum atomic E-state index is 0.530. The van der Waals surface area contributed by atoms with Crippen LogP contribution in [0, 0.1) is 0 Å². The second-order valence-electron chi connectivity index (χ2n) is 2.80. The standard InChI is InChI=1S/C7H15NO/c1-6(5-9-2)8-7-3-4-7/h6-8H,3-5H2,1-2H3. The molecule has 0 aliphatic heterocycles. The molecule has 0 saturated heterocycles. The molecule has 2 heteroatoms. The monoisotopic (exact) mass is 129 g/mol. The third kappa shape index (κ3) is 2.82. The minimum absolute atomic E-state index is 0.530. The summed E-state index contributed by atoms with van der Waals surface area (Å²) < 4.78 is 4.97. The average molecular weight is 129 g/mol. The molecule has 1 unspecified atom stereocenters. The van der Waals surface area contributed by atoms with E-state index in [1.54, 1.807) is 7.11 Å². The van der Waals surface area contributed by atoms with Crippen LogP contribution in [-0.2, 0) is 4.74 Å². The summed E-state index contributed by atoms with van der Waals surface area (Å²) in [5.41, 5.74) is 0. The van der Waals surface area contributed by atoms with Crippen molar-refractivity contribution in [2.45, 2.75) is 31.8 Å². The molecule has 1 rings (SSSR count). The topological polar surface area (TPSA) is 21.3 Å². The summed E-state index contributed by atoms with van der Waals surface area (Å²) in [5.74, 6) is 0. The molecule has 0 amide bonds. The Labute approximate surface area is 56.6 Å². The van der Waals surface area contributed by atoms with Gasteiger partial charge in [-0.3, -0.25) is 0 Å². The Hall–Kier alpha value is -0.0800. The molecule has 1 N–H and O–H groups in total. The molecule has 0 radical (unpaired) electrons. The van der Waals surface area contributed by atoms with Crippen LogP contribution in [0.15, 0.2) is 0 Å². The molecule has 9 heavy (non-hydrogen) atoms. The van der Waals surface area contributed by atoms with Crippen LogP contribution in [0.5, 0.6) is 0 Å². The summed E-state index contributed by atoms with van der Waals surface area (Å²) in [6, 6.07) is 1.33. The van der Waals surface area contributed by atoms with Crippen LogP contribution < -0.4 is 5.32 Å². The van der Waals surface area contributed by atoms with Crippen molar-refractivity contribution in [3.8, 4) is 0 Å². The lowest BCUT2D eigenvalue weighted by Crippen LogP contribution is -2.31. The Kier molecular flexibility index (Phi) is 2.49. The largest absolute Gasteiger partial charge is 0.383 e. The van der Waals surface area contributed by atoms with Gasteiger partial charge in [0, 0.05) is 19.2 Å². The Bertz CT molecular complexity index is 81.0. The van der Waals surface area contributed by atoms with Crippen molar-refractivity contribution in [1.29, 1.82) is 0 Å². The highest BCUT2D eigenvalue weighted by Crippen LogP contribution is 2.19. The van der Waals surface area contributed by atoms with Crippen molar-refractivity contribution in [1.82, 2.24) is 5.32 Å². The van der Waals surface area contributed by atoms with Gasteiger partial charge < -0.3 is 10.1 Å². The van der Waals surface area contributed by atoms with Gasteiger partial charge in [0.15, 0.2) is 0 Å². The molecule has 0 spiro atoms. The molecular formula is C7H15NO. The predicted molar refractivity (Wildman–Crippen MR) is 37.5 cm³/mol. The first-order valence-electron chi connectivity index (χ1n) is 3.58. The Morgan fingerprint density at radius 3 is 2.78 bits per heavy atom. The number of ether oxygens (including phenoxy) is 1. The van der Waals surface area contributed by atoms with Crippen molar-refractivity contribution < 1.29 is 4.74 Å². The molecule has 0 aromatic heterocycles. The zero-order valence-electron chi connectivity index (χ0n) is 6.18. The maximum Gasteiger partial charge on any atom is 0.0613 e. The predicted octanol–water partition coefficient (Wildman–Crippen LogP) is 0.773. The van der Waals surface area contributed by atoms with Crippen LogP contribution in [0.1, 0.15) is 19.8 Å². The van der Waals surface area contributed by atoms with Gasteiger partial charge in [-0.25, -0.2) is 0 Å². The van der Waals surface area contributed by atoms with Crippen molar-refractivity contribution in [2.75, 3.05) is 13.7 Å². The number of nitrogens with one attached hydrogen (secondary N) is 1. The fraction of sp³-hybridized carbons (Fsp3) is 1.00. The van der Waals surface area contributed by atoms with Crippen molar-refractivity contribution >= 4 is 0 Å². The molecule has 0 heterocycles. The van der Waals surface area contributed by atoms with Crippen molar-refractivity contribution in [3.63, 3.8) is 0 Å². The van der Waals surface area contributed by atoms with Crippen LogP contribution >= 0.6 is 0 Å². The lowest BCUT2D eigenvalue weighted by Gasteiger charge is -2.10. The first kappa shape index (κ1) is 7.03. The van der Waals surface area contributed by atoms with Crippen LogP contribution in [-0.4, -0.2) is 25.8 Å². The second kappa shape index (κ2) is 3.18. The van der Waals surface area contributed by atoms with Gasteiger partial charge in [-0.2, -0.15) is 0 Å². The normalized spacial score (nSPS) is 22.0. The van der Waals surface area contributed by atoms with Crippen molar-refractivity contribution in [3.05, 3.63) is 0 Å². The van der Waals surface area contributed by atoms with Crippen LogP contribution in [0.4, 0.5) is 0 Å². The van der Waals surface area contributed by atoms with Gasteiger partial charge in [-0.05, 0) is 19.8 Å². The van der Waals surface area contributed by atoms with E-state index in [2.05, 4.69) is 12.2 Å². The lowest BCUT2D eigenvalue weighted by atomic mass is 10.3. The number of hydrogen-bond acceptors (Lipinski definition) is 2. The van der Waals surface area contributed by atoms with Gasteiger partial charge in [-0.1, -0.05) is 0 Å². The van der Waals surface area contributed by atoms with Crippen LogP contribution in [0.3, 0.4) is 0 Å². The van der Waals surface area contributed by atoms with Crippen LogP contribution in [0.25, 0.3) is 0 Å². The number of methoxy groups -OCH3 is 1. The molecule has 0 aromatic carbocycles. The van der Waals surface area contributed by atoms with Gasteiger partial charge in [0.1, 0.15) is 0 Å². The van der Waals surface area contributed by atoms with Gasteiger partial charge in [-0.15, -0.1) is 0 Å². The SMILES string of the molecule is COCC(C)NC1CC1. The van der Waals surface area contributed by atoms with E-state index in [1.807, 2.05) is 0 Å². The highest BCUT2D eigenvalue weighted by molar-refractivity contribution is 4.83. The Morgan fingerprint density at radius 1 is 1.67 bits per heavy atom. The summed E-state index contributed by atoms with van der Waals surface area (Å²) in [5, 5.41) is 3.43. The molecule has 54 valence electrons. The maximum absolute atomic E-state index is 4.97. The molecule has 1 fully saturated rings. The summed E-state index contributed by atoms with van der Waals surface area (Å²) in [7, 11) is 1.74. The van der Waals surface area contributed by atoms with E-state index in [4.69, 9.17) is 4.74 Å². The summed E-state index contributed by atoms with van der Waals surface area (Å²) in [6.45, 7) is 2.98. The lowest BCUT2D eigenvalue weighted by molar-refractivity contribution is 0.171. The van der Waals surface area contributed by atoms with Crippen molar-refractivity contribution in [2.24, 2.45) is 0 Å². The van der Waals surface area contributed by atoms with E-state index in [1.165, 1.54) is 12.8 Å². The molecule has 2 nitrogen and oxygen atoms in total.